The third-order valence-corrected chi connectivity index (χ3v) is 1.62. The Bertz CT molecular complexity index is 171. The van der Waals surface area contributed by atoms with Gasteiger partial charge in [-0.25, -0.2) is 4.99 Å². The molecule has 2 unspecified atom stereocenters. The molecule has 0 saturated carbocycles. The van der Waals surface area contributed by atoms with Gasteiger partial charge in [-0.05, 0) is 0 Å². The van der Waals surface area contributed by atoms with E-state index in [-0.39, 0.29) is 12.1 Å². The van der Waals surface area contributed by atoms with E-state index < -0.39 is 0 Å². The van der Waals surface area contributed by atoms with Gasteiger partial charge in [0.2, 0.25) is 0 Å². The summed E-state index contributed by atoms with van der Waals surface area (Å²) in [5.41, 5.74) is 0. The summed E-state index contributed by atoms with van der Waals surface area (Å²) in [6.07, 6.45) is 3.07. The number of ether oxygens (including phenoxy) is 2. The van der Waals surface area contributed by atoms with E-state index in [2.05, 4.69) is 9.98 Å². The van der Waals surface area contributed by atoms with Crippen molar-refractivity contribution in [2.45, 2.75) is 12.1 Å². The van der Waals surface area contributed by atoms with Gasteiger partial charge in [-0.3, -0.25) is 4.99 Å². The molecule has 0 bridgehead atoms. The van der Waals surface area contributed by atoms with Gasteiger partial charge in [-0.15, -0.1) is 0 Å². The third-order valence-electron chi connectivity index (χ3n) is 1.62. The highest BCUT2D eigenvalue weighted by Gasteiger charge is 2.26. The summed E-state index contributed by atoms with van der Waals surface area (Å²) in [5.74, 6) is 0. The minimum absolute atomic E-state index is 0.110. The third kappa shape index (κ3) is 0.853. The number of hydrogen-bond acceptors (Lipinski definition) is 4. The van der Waals surface area contributed by atoms with Crippen molar-refractivity contribution in [3.05, 3.63) is 0 Å². The Morgan fingerprint density at radius 3 is 3.00 bits per heavy atom. The summed E-state index contributed by atoms with van der Waals surface area (Å²) >= 11 is 0. The summed E-state index contributed by atoms with van der Waals surface area (Å²) in [4.78, 5) is 8.00. The lowest BCUT2D eigenvalue weighted by molar-refractivity contribution is 0.175. The van der Waals surface area contributed by atoms with Crippen LogP contribution in [-0.2, 0) is 9.47 Å². The molecular weight excluding hydrogens is 132 g/mol. The van der Waals surface area contributed by atoms with E-state index in [1.807, 2.05) is 0 Å². The lowest BCUT2D eigenvalue weighted by Crippen LogP contribution is -2.27. The van der Waals surface area contributed by atoms with Crippen LogP contribution in [0.2, 0.25) is 0 Å². The molecule has 0 N–H and O–H groups in total. The molecule has 54 valence electrons. The van der Waals surface area contributed by atoms with Crippen LogP contribution >= 0.6 is 0 Å². The topological polar surface area (TPSA) is 43.2 Å². The van der Waals surface area contributed by atoms with Crippen LogP contribution in [0.3, 0.4) is 0 Å². The van der Waals surface area contributed by atoms with Crippen molar-refractivity contribution in [2.75, 3.05) is 13.2 Å². The van der Waals surface area contributed by atoms with Gasteiger partial charge in [0, 0.05) is 0 Å². The van der Waals surface area contributed by atoms with Crippen LogP contribution in [0.1, 0.15) is 0 Å². The Morgan fingerprint density at radius 1 is 1.40 bits per heavy atom. The van der Waals surface area contributed by atoms with Crippen molar-refractivity contribution >= 4 is 12.8 Å². The van der Waals surface area contributed by atoms with Gasteiger partial charge >= 0.3 is 0 Å². The van der Waals surface area contributed by atoms with E-state index in [0.29, 0.717) is 13.2 Å². The minimum atomic E-state index is 0.110. The Morgan fingerprint density at radius 2 is 2.40 bits per heavy atom. The van der Waals surface area contributed by atoms with Crippen LogP contribution in [0.4, 0.5) is 0 Å². The smallest absolute Gasteiger partial charge is 0.170 e. The fourth-order valence-electron chi connectivity index (χ4n) is 1.03. The zero-order valence-corrected chi connectivity index (χ0v) is 5.43. The second kappa shape index (κ2) is 2.28. The highest BCUT2D eigenvalue weighted by atomic mass is 16.5. The summed E-state index contributed by atoms with van der Waals surface area (Å²) in [7, 11) is 0. The Labute approximate surface area is 58.6 Å². The molecule has 0 radical (unpaired) electrons. The van der Waals surface area contributed by atoms with Gasteiger partial charge in [0.25, 0.3) is 0 Å². The molecule has 0 aromatic rings. The van der Waals surface area contributed by atoms with Crippen molar-refractivity contribution in [1.29, 1.82) is 0 Å². The van der Waals surface area contributed by atoms with Gasteiger partial charge in [0.15, 0.2) is 12.8 Å². The van der Waals surface area contributed by atoms with Crippen molar-refractivity contribution in [3.63, 3.8) is 0 Å². The molecule has 0 amide bonds. The van der Waals surface area contributed by atoms with E-state index >= 15 is 0 Å². The lowest BCUT2D eigenvalue weighted by atomic mass is 10.2. The fourth-order valence-corrected chi connectivity index (χ4v) is 1.03. The molecule has 0 spiro atoms. The molecule has 4 nitrogen and oxygen atoms in total. The molecule has 4 heteroatoms. The summed E-state index contributed by atoms with van der Waals surface area (Å²) in [5, 5.41) is 0. The summed E-state index contributed by atoms with van der Waals surface area (Å²) in [6, 6.07) is 0.155. The van der Waals surface area contributed by atoms with E-state index in [9.17, 15) is 0 Å². The quantitative estimate of drug-likeness (QED) is 0.508. The molecule has 0 aromatic carbocycles. The average molecular weight is 140 g/mol. The standard InChI is InChI=1S/C6H8N2O2/c1-6(10-3-7-1)5-2-9-4-8-5/h3-6H,1-2H2. The Balaban J connectivity index is 1.93. The van der Waals surface area contributed by atoms with Gasteiger partial charge in [0.1, 0.15) is 18.8 Å². The monoisotopic (exact) mass is 140 g/mol. The first-order chi connectivity index (χ1) is 4.97. The van der Waals surface area contributed by atoms with Gasteiger partial charge in [-0.1, -0.05) is 0 Å². The van der Waals surface area contributed by atoms with Crippen molar-refractivity contribution in [1.82, 2.24) is 0 Å². The second-order valence-electron chi connectivity index (χ2n) is 2.30. The maximum absolute atomic E-state index is 5.15. The van der Waals surface area contributed by atoms with Crippen LogP contribution in [0.15, 0.2) is 9.98 Å². The zero-order valence-electron chi connectivity index (χ0n) is 5.43. The summed E-state index contributed by atoms with van der Waals surface area (Å²) < 4.78 is 10.1. The molecule has 2 aliphatic rings. The van der Waals surface area contributed by atoms with Gasteiger partial charge < -0.3 is 9.47 Å². The first-order valence-corrected chi connectivity index (χ1v) is 3.24. The molecule has 10 heavy (non-hydrogen) atoms. The zero-order chi connectivity index (χ0) is 6.81. The molecule has 0 fully saturated rings. The second-order valence-corrected chi connectivity index (χ2v) is 2.30. The highest BCUT2D eigenvalue weighted by Crippen LogP contribution is 2.11. The molecule has 0 aliphatic carbocycles. The van der Waals surface area contributed by atoms with Crippen molar-refractivity contribution in [3.8, 4) is 0 Å². The largest absolute Gasteiger partial charge is 0.481 e. The average Bonchev–Trinajstić information content (AvgIpc) is 2.59. The van der Waals surface area contributed by atoms with Gasteiger partial charge in [0.05, 0.1) is 6.54 Å². The summed E-state index contributed by atoms with van der Waals surface area (Å²) in [6.45, 7) is 1.35. The number of nitrogens with zero attached hydrogens (tertiary/aromatic N) is 2. The first-order valence-electron chi connectivity index (χ1n) is 3.24. The molecule has 0 saturated heterocycles. The highest BCUT2D eigenvalue weighted by molar-refractivity contribution is 5.51. The van der Waals surface area contributed by atoms with Crippen LogP contribution < -0.4 is 0 Å². The minimum Gasteiger partial charge on any atom is -0.481 e. The Hall–Kier alpha value is -1.06. The van der Waals surface area contributed by atoms with Crippen molar-refractivity contribution in [2.24, 2.45) is 9.98 Å². The maximum atomic E-state index is 5.15. The van der Waals surface area contributed by atoms with E-state index in [1.165, 1.54) is 12.8 Å². The van der Waals surface area contributed by atoms with E-state index in [1.54, 1.807) is 0 Å². The molecule has 2 atom stereocenters. The molecule has 2 rings (SSSR count). The maximum Gasteiger partial charge on any atom is 0.170 e. The fraction of sp³-hybridized carbons (Fsp3) is 0.667. The normalized spacial score (nSPS) is 36.0. The van der Waals surface area contributed by atoms with Crippen LogP contribution in [0, 0.1) is 0 Å². The molecular formula is C6H8N2O2. The predicted octanol–water partition coefficient (Wildman–Crippen LogP) is -0.159. The Kier molecular flexibility index (Phi) is 1.30. The molecule has 2 heterocycles. The van der Waals surface area contributed by atoms with Gasteiger partial charge in [-0.2, -0.15) is 0 Å². The van der Waals surface area contributed by atoms with Crippen LogP contribution in [0.5, 0.6) is 0 Å². The van der Waals surface area contributed by atoms with E-state index in [0.717, 1.165) is 0 Å². The van der Waals surface area contributed by atoms with Crippen molar-refractivity contribution < 1.29 is 9.47 Å². The number of hydrogen-bond donors (Lipinski definition) is 0. The van der Waals surface area contributed by atoms with Crippen LogP contribution in [0.25, 0.3) is 0 Å². The lowest BCUT2D eigenvalue weighted by Gasteiger charge is -2.11. The number of rotatable bonds is 1. The predicted molar refractivity (Wildman–Crippen MR) is 36.5 cm³/mol. The van der Waals surface area contributed by atoms with E-state index in [4.69, 9.17) is 9.47 Å². The number of aliphatic imine (C=N–C) groups is 2. The first kappa shape index (κ1) is 5.70. The van der Waals surface area contributed by atoms with Crippen LogP contribution in [-0.4, -0.2) is 38.1 Å². The molecule has 2 aliphatic heterocycles. The SMILES string of the molecule is C1=NCC(C2COC=N2)O1. The molecule has 0 aromatic heterocycles.